The normalized spacial score (nSPS) is 13.2. The lowest BCUT2D eigenvalue weighted by Gasteiger charge is -2.29. The van der Waals surface area contributed by atoms with Gasteiger partial charge in [0.25, 0.3) is 5.91 Å². The smallest absolute Gasteiger partial charge is 0.255 e. The van der Waals surface area contributed by atoms with Crippen molar-refractivity contribution in [2.75, 3.05) is 20.8 Å². The third-order valence-corrected chi connectivity index (χ3v) is 4.06. The Balaban J connectivity index is 2.15. The van der Waals surface area contributed by atoms with Crippen LogP contribution < -0.4 is 10.1 Å². The molecule has 0 spiro atoms. The highest BCUT2D eigenvalue weighted by molar-refractivity contribution is 6.30. The number of carbonyl (C=O) groups excluding carboxylic acids is 1. The van der Waals surface area contributed by atoms with Gasteiger partial charge in [0.1, 0.15) is 11.4 Å². The summed E-state index contributed by atoms with van der Waals surface area (Å²) >= 11 is 6.05. The molecule has 0 aromatic heterocycles. The number of para-hydroxylation sites is 1. The predicted molar refractivity (Wildman–Crippen MR) is 91.1 cm³/mol. The molecule has 1 atom stereocenters. The van der Waals surface area contributed by atoms with Gasteiger partial charge < -0.3 is 14.8 Å². The lowest BCUT2D eigenvalue weighted by Crippen LogP contribution is -2.40. The van der Waals surface area contributed by atoms with E-state index >= 15 is 0 Å². The van der Waals surface area contributed by atoms with E-state index in [0.29, 0.717) is 22.9 Å². The maximum absolute atomic E-state index is 12.4. The molecule has 2 aromatic rings. The van der Waals surface area contributed by atoms with Gasteiger partial charge in [0.15, 0.2) is 0 Å². The van der Waals surface area contributed by atoms with Crippen LogP contribution in [-0.2, 0) is 10.3 Å². The molecule has 1 unspecified atom stereocenters. The van der Waals surface area contributed by atoms with Crippen molar-refractivity contribution in [3.8, 4) is 5.75 Å². The SMILES string of the molecule is COc1ccccc1C(=O)NCC(C)(OC)c1cccc(Cl)c1. The molecule has 1 amide bonds. The van der Waals surface area contributed by atoms with Crippen LogP contribution >= 0.6 is 11.6 Å². The van der Waals surface area contributed by atoms with Gasteiger partial charge in [-0.15, -0.1) is 0 Å². The van der Waals surface area contributed by atoms with Gasteiger partial charge in [-0.05, 0) is 36.8 Å². The minimum absolute atomic E-state index is 0.215. The molecule has 0 radical (unpaired) electrons. The van der Waals surface area contributed by atoms with Crippen LogP contribution in [0.15, 0.2) is 48.5 Å². The first-order valence-electron chi connectivity index (χ1n) is 7.22. The molecule has 0 aliphatic heterocycles. The van der Waals surface area contributed by atoms with Crippen LogP contribution in [0.3, 0.4) is 0 Å². The van der Waals surface area contributed by atoms with E-state index in [1.54, 1.807) is 31.4 Å². The maximum atomic E-state index is 12.4. The number of benzene rings is 2. The number of amides is 1. The van der Waals surface area contributed by atoms with Crippen molar-refractivity contribution in [2.45, 2.75) is 12.5 Å². The van der Waals surface area contributed by atoms with Crippen LogP contribution in [0.2, 0.25) is 5.02 Å². The summed E-state index contributed by atoms with van der Waals surface area (Å²) in [5.41, 5.74) is 0.704. The number of ether oxygens (including phenoxy) is 2. The predicted octanol–water partition coefficient (Wildman–Crippen LogP) is 3.64. The molecule has 0 saturated heterocycles. The van der Waals surface area contributed by atoms with Crippen molar-refractivity contribution in [3.05, 3.63) is 64.7 Å². The van der Waals surface area contributed by atoms with Crippen LogP contribution in [0.1, 0.15) is 22.8 Å². The fourth-order valence-corrected chi connectivity index (χ4v) is 2.48. The second-order valence-corrected chi connectivity index (χ2v) is 5.76. The molecule has 0 fully saturated rings. The minimum Gasteiger partial charge on any atom is -0.496 e. The molecule has 0 bridgehead atoms. The summed E-state index contributed by atoms with van der Waals surface area (Å²) in [6.45, 7) is 2.21. The van der Waals surface area contributed by atoms with Crippen molar-refractivity contribution < 1.29 is 14.3 Å². The highest BCUT2D eigenvalue weighted by Gasteiger charge is 2.27. The molecule has 5 heteroatoms. The molecular formula is C18H20ClNO3. The Morgan fingerprint density at radius 2 is 1.91 bits per heavy atom. The molecule has 0 aliphatic rings. The largest absolute Gasteiger partial charge is 0.496 e. The van der Waals surface area contributed by atoms with Gasteiger partial charge >= 0.3 is 0 Å². The van der Waals surface area contributed by atoms with Crippen LogP contribution in [0.4, 0.5) is 0 Å². The van der Waals surface area contributed by atoms with Crippen molar-refractivity contribution in [1.82, 2.24) is 5.32 Å². The number of hydrogen-bond acceptors (Lipinski definition) is 3. The third-order valence-electron chi connectivity index (χ3n) is 3.82. The van der Waals surface area contributed by atoms with Gasteiger partial charge in [0.2, 0.25) is 0 Å². The van der Waals surface area contributed by atoms with E-state index in [2.05, 4.69) is 5.32 Å². The molecule has 122 valence electrons. The van der Waals surface area contributed by atoms with Crippen LogP contribution in [-0.4, -0.2) is 26.7 Å². The highest BCUT2D eigenvalue weighted by Crippen LogP contribution is 2.26. The Bertz CT molecular complexity index is 689. The molecule has 0 saturated carbocycles. The zero-order chi connectivity index (χ0) is 16.9. The molecule has 0 heterocycles. The van der Waals surface area contributed by atoms with Crippen LogP contribution in [0, 0.1) is 0 Å². The number of methoxy groups -OCH3 is 2. The summed E-state index contributed by atoms with van der Waals surface area (Å²) in [7, 11) is 3.15. The Morgan fingerprint density at radius 1 is 1.17 bits per heavy atom. The van der Waals surface area contributed by atoms with E-state index in [4.69, 9.17) is 21.1 Å². The van der Waals surface area contributed by atoms with Gasteiger partial charge in [0.05, 0.1) is 19.2 Å². The molecular weight excluding hydrogens is 314 g/mol. The fraction of sp³-hybridized carbons (Fsp3) is 0.278. The topological polar surface area (TPSA) is 47.6 Å². The standard InChI is InChI=1S/C18H20ClNO3/c1-18(23-3,13-7-6-8-14(19)11-13)12-20-17(21)15-9-4-5-10-16(15)22-2/h4-11H,12H2,1-3H3,(H,20,21). The number of carbonyl (C=O) groups is 1. The maximum Gasteiger partial charge on any atom is 0.255 e. The van der Waals surface area contributed by atoms with Gasteiger partial charge in [-0.25, -0.2) is 0 Å². The van der Waals surface area contributed by atoms with E-state index < -0.39 is 5.60 Å². The number of nitrogens with one attached hydrogen (secondary N) is 1. The average molecular weight is 334 g/mol. The molecule has 2 rings (SSSR count). The molecule has 0 aliphatic carbocycles. The lowest BCUT2D eigenvalue weighted by molar-refractivity contribution is 0.00313. The van der Waals surface area contributed by atoms with E-state index in [9.17, 15) is 4.79 Å². The summed E-state index contributed by atoms with van der Waals surface area (Å²) in [4.78, 5) is 12.4. The summed E-state index contributed by atoms with van der Waals surface area (Å²) in [6.07, 6.45) is 0. The van der Waals surface area contributed by atoms with Crippen molar-refractivity contribution in [2.24, 2.45) is 0 Å². The first-order valence-corrected chi connectivity index (χ1v) is 7.60. The highest BCUT2D eigenvalue weighted by atomic mass is 35.5. The Kier molecular flexibility index (Phi) is 5.64. The third kappa shape index (κ3) is 4.03. The second kappa shape index (κ2) is 7.49. The van der Waals surface area contributed by atoms with Crippen LogP contribution in [0.25, 0.3) is 0 Å². The Morgan fingerprint density at radius 3 is 2.57 bits per heavy atom. The zero-order valence-electron chi connectivity index (χ0n) is 13.4. The van der Waals surface area contributed by atoms with Gasteiger partial charge in [0, 0.05) is 12.1 Å². The molecule has 4 nitrogen and oxygen atoms in total. The molecule has 1 N–H and O–H groups in total. The quantitative estimate of drug-likeness (QED) is 0.878. The van der Waals surface area contributed by atoms with Crippen molar-refractivity contribution in [3.63, 3.8) is 0 Å². The minimum atomic E-state index is -0.678. The summed E-state index contributed by atoms with van der Waals surface area (Å²) in [5, 5.41) is 3.52. The summed E-state index contributed by atoms with van der Waals surface area (Å²) in [5.74, 6) is 0.319. The van der Waals surface area contributed by atoms with Gasteiger partial charge in [-0.1, -0.05) is 35.9 Å². The number of hydrogen-bond donors (Lipinski definition) is 1. The van der Waals surface area contributed by atoms with E-state index in [1.165, 1.54) is 7.11 Å². The number of rotatable bonds is 6. The second-order valence-electron chi connectivity index (χ2n) is 5.33. The summed E-state index contributed by atoms with van der Waals surface area (Å²) < 4.78 is 10.8. The first-order chi connectivity index (χ1) is 11.0. The van der Waals surface area contributed by atoms with Gasteiger partial charge in [-0.2, -0.15) is 0 Å². The average Bonchev–Trinajstić information content (AvgIpc) is 2.59. The molecule has 2 aromatic carbocycles. The van der Waals surface area contributed by atoms with Crippen LogP contribution in [0.5, 0.6) is 5.75 Å². The van der Waals surface area contributed by atoms with Gasteiger partial charge in [-0.3, -0.25) is 4.79 Å². The Labute approximate surface area is 141 Å². The monoisotopic (exact) mass is 333 g/mol. The van der Waals surface area contributed by atoms with E-state index in [1.807, 2.05) is 31.2 Å². The Hall–Kier alpha value is -2.04. The summed E-state index contributed by atoms with van der Waals surface area (Å²) in [6, 6.07) is 14.5. The molecule has 23 heavy (non-hydrogen) atoms. The van der Waals surface area contributed by atoms with E-state index in [-0.39, 0.29) is 5.91 Å². The number of halogens is 1. The van der Waals surface area contributed by atoms with Crippen molar-refractivity contribution in [1.29, 1.82) is 0 Å². The first kappa shape index (κ1) is 17.3. The fourth-order valence-electron chi connectivity index (χ4n) is 2.29. The zero-order valence-corrected chi connectivity index (χ0v) is 14.2. The van der Waals surface area contributed by atoms with E-state index in [0.717, 1.165) is 5.56 Å². The lowest BCUT2D eigenvalue weighted by atomic mass is 9.95. The van der Waals surface area contributed by atoms with Crippen molar-refractivity contribution >= 4 is 17.5 Å².